The molecule has 0 saturated carbocycles. The topological polar surface area (TPSA) is 144 Å². The predicted octanol–water partition coefficient (Wildman–Crippen LogP) is 3.62. The van der Waals surface area contributed by atoms with Gasteiger partial charge >= 0.3 is 17.8 Å². The zero-order valence-corrected chi connectivity index (χ0v) is 18.9. The summed E-state index contributed by atoms with van der Waals surface area (Å²) < 4.78 is 58.2. The van der Waals surface area contributed by atoms with E-state index in [1.807, 2.05) is 12.1 Å². The fourth-order valence-corrected chi connectivity index (χ4v) is 3.47. The largest absolute Gasteiger partial charge is 0.490 e. The van der Waals surface area contributed by atoms with Gasteiger partial charge in [-0.3, -0.25) is 14.8 Å². The van der Waals surface area contributed by atoms with E-state index in [1.54, 1.807) is 19.2 Å². The number of nitrogens with one attached hydrogen (secondary N) is 1. The van der Waals surface area contributed by atoms with Crippen LogP contribution in [0.2, 0.25) is 0 Å². The second kappa shape index (κ2) is 11.1. The lowest BCUT2D eigenvalue weighted by molar-refractivity contribution is -0.192. The molecule has 0 aliphatic heterocycles. The normalized spacial score (nSPS) is 11.0. The van der Waals surface area contributed by atoms with Crippen molar-refractivity contribution in [3.8, 4) is 22.0 Å². The number of carbonyl (C=O) groups is 2. The third kappa shape index (κ3) is 7.13. The summed E-state index contributed by atoms with van der Waals surface area (Å²) in [4.78, 5) is 40.8. The Bertz CT molecular complexity index is 1320. The van der Waals surface area contributed by atoms with Gasteiger partial charge in [0.05, 0.1) is 11.4 Å². The third-order valence-corrected chi connectivity index (χ3v) is 5.55. The Balaban J connectivity index is 0.000000540. The smallest absolute Gasteiger partial charge is 0.475 e. The first kappa shape index (κ1) is 27.5. The van der Waals surface area contributed by atoms with E-state index in [2.05, 4.69) is 15.1 Å². The SMILES string of the molecule is CC(=O)c1ccc(-c2cnc(-c3nn(CC(CN)=C(F)F)c(=O)[nH]3)c(C)c2)s1.O=C(O)C(F)(F)F. The van der Waals surface area contributed by atoms with Crippen molar-refractivity contribution >= 4 is 23.1 Å². The number of ketones is 1. The molecule has 0 unspecified atom stereocenters. The number of aliphatic carboxylic acids is 1. The summed E-state index contributed by atoms with van der Waals surface area (Å²) in [6, 6.07) is 5.47. The van der Waals surface area contributed by atoms with Crippen LogP contribution in [-0.4, -0.2) is 49.3 Å². The number of Topliss-reactive ketones (excluding diaryl/α,β-unsaturated/α-hetero) is 1. The Morgan fingerprint density at radius 1 is 1.26 bits per heavy atom. The third-order valence-electron chi connectivity index (χ3n) is 4.32. The molecule has 0 aromatic carbocycles. The molecule has 0 atom stereocenters. The summed E-state index contributed by atoms with van der Waals surface area (Å²) in [5, 5.41) is 11.2. The number of carboxylic acids is 1. The number of alkyl halides is 3. The minimum absolute atomic E-state index is 0.00344. The Morgan fingerprint density at radius 2 is 1.89 bits per heavy atom. The van der Waals surface area contributed by atoms with Crippen LogP contribution < -0.4 is 11.4 Å². The van der Waals surface area contributed by atoms with Gasteiger partial charge in [0.25, 0.3) is 6.08 Å². The van der Waals surface area contributed by atoms with Crippen molar-refractivity contribution in [2.24, 2.45) is 5.73 Å². The first-order valence-corrected chi connectivity index (χ1v) is 10.3. The highest BCUT2D eigenvalue weighted by molar-refractivity contribution is 7.17. The van der Waals surface area contributed by atoms with E-state index in [1.165, 1.54) is 18.3 Å². The Kier molecular flexibility index (Phi) is 8.76. The molecule has 0 aliphatic rings. The van der Waals surface area contributed by atoms with Crippen molar-refractivity contribution in [2.75, 3.05) is 6.54 Å². The van der Waals surface area contributed by atoms with Crippen LogP contribution >= 0.6 is 11.3 Å². The molecule has 35 heavy (non-hydrogen) atoms. The second-order valence-electron chi connectivity index (χ2n) is 6.92. The van der Waals surface area contributed by atoms with Crippen LogP contribution in [0.15, 0.2) is 40.8 Å². The number of H-pyrrole nitrogens is 1. The van der Waals surface area contributed by atoms with E-state index in [4.69, 9.17) is 15.6 Å². The highest BCUT2D eigenvalue weighted by Gasteiger charge is 2.38. The average molecular weight is 519 g/mol. The van der Waals surface area contributed by atoms with Gasteiger partial charge in [0, 0.05) is 28.8 Å². The van der Waals surface area contributed by atoms with Gasteiger partial charge in [0.15, 0.2) is 11.6 Å². The zero-order chi connectivity index (χ0) is 26.5. The molecule has 3 aromatic heterocycles. The lowest BCUT2D eigenvalue weighted by atomic mass is 10.1. The van der Waals surface area contributed by atoms with Crippen LogP contribution in [0.5, 0.6) is 0 Å². The monoisotopic (exact) mass is 519 g/mol. The van der Waals surface area contributed by atoms with Gasteiger partial charge in [-0.2, -0.15) is 22.0 Å². The van der Waals surface area contributed by atoms with Crippen molar-refractivity contribution in [1.82, 2.24) is 19.7 Å². The number of hydrogen-bond donors (Lipinski definition) is 3. The highest BCUT2D eigenvalue weighted by Crippen LogP contribution is 2.30. The van der Waals surface area contributed by atoms with Crippen molar-refractivity contribution in [1.29, 1.82) is 0 Å². The van der Waals surface area contributed by atoms with Crippen LogP contribution in [0.3, 0.4) is 0 Å². The van der Waals surface area contributed by atoms with Gasteiger partial charge in [-0.1, -0.05) is 0 Å². The van der Waals surface area contributed by atoms with Crippen molar-refractivity contribution in [2.45, 2.75) is 26.6 Å². The molecule has 0 amide bonds. The molecule has 0 aliphatic carbocycles. The molecular formula is C20H18F5N5O4S. The number of hydrogen-bond acceptors (Lipinski definition) is 7. The lowest BCUT2D eigenvalue weighted by Crippen LogP contribution is -2.22. The summed E-state index contributed by atoms with van der Waals surface area (Å²) in [6.45, 7) is 2.55. The first-order valence-electron chi connectivity index (χ1n) is 9.53. The van der Waals surface area contributed by atoms with Crippen molar-refractivity contribution < 1.29 is 36.6 Å². The van der Waals surface area contributed by atoms with E-state index in [0.717, 1.165) is 20.7 Å². The Morgan fingerprint density at radius 3 is 2.34 bits per heavy atom. The summed E-state index contributed by atoms with van der Waals surface area (Å²) in [7, 11) is 0. The molecule has 4 N–H and O–H groups in total. The zero-order valence-electron chi connectivity index (χ0n) is 18.1. The molecule has 0 spiro atoms. The van der Waals surface area contributed by atoms with Gasteiger partial charge in [-0.05, 0) is 37.6 Å². The molecular weight excluding hydrogens is 501 g/mol. The van der Waals surface area contributed by atoms with Crippen LogP contribution in [0.1, 0.15) is 22.2 Å². The molecule has 3 heterocycles. The minimum atomic E-state index is -5.08. The molecule has 0 fully saturated rings. The number of thiophene rings is 1. The number of carbonyl (C=O) groups excluding carboxylic acids is 1. The van der Waals surface area contributed by atoms with Gasteiger partial charge in [-0.15, -0.1) is 16.4 Å². The molecule has 3 aromatic rings. The molecule has 0 bridgehead atoms. The van der Waals surface area contributed by atoms with E-state index < -0.39 is 30.5 Å². The number of rotatable bonds is 6. The summed E-state index contributed by atoms with van der Waals surface area (Å²) in [5.41, 5.74) is 6.29. The number of aryl methyl sites for hydroxylation is 1. The van der Waals surface area contributed by atoms with Crippen LogP contribution in [0, 0.1) is 6.92 Å². The van der Waals surface area contributed by atoms with Gasteiger partial charge < -0.3 is 10.8 Å². The molecule has 3 rings (SSSR count). The molecule has 9 nitrogen and oxygen atoms in total. The average Bonchev–Trinajstić information content (AvgIpc) is 3.39. The standard InChI is InChI=1S/C18H17F2N5O2S.C2HF3O2/c1-9-5-11(14-4-3-13(28-14)10(2)26)7-22-15(9)17-23-18(27)25(24-17)8-12(6-21)16(19)20;3-2(4,5)1(6)7/h3-5,7H,6,8,21H2,1-2H3,(H,23,24,27);(H,6,7). The molecule has 15 heteroatoms. The van der Waals surface area contributed by atoms with Crippen molar-refractivity contribution in [3.63, 3.8) is 0 Å². The maximum atomic E-state index is 12.8. The number of halogens is 5. The first-order chi connectivity index (χ1) is 16.2. The maximum Gasteiger partial charge on any atom is 0.490 e. The summed E-state index contributed by atoms with van der Waals surface area (Å²) >= 11 is 1.37. The highest BCUT2D eigenvalue weighted by atomic mass is 32.1. The lowest BCUT2D eigenvalue weighted by Gasteiger charge is -2.04. The Hall–Kier alpha value is -3.72. The minimum Gasteiger partial charge on any atom is -0.475 e. The van der Waals surface area contributed by atoms with E-state index >= 15 is 0 Å². The number of aromatic nitrogens is 4. The number of carboxylic acid groups (broad SMARTS) is 1. The quantitative estimate of drug-likeness (QED) is 0.333. The number of pyridine rings is 1. The van der Waals surface area contributed by atoms with E-state index in [-0.39, 0.29) is 23.7 Å². The van der Waals surface area contributed by atoms with E-state index in [0.29, 0.717) is 10.6 Å². The van der Waals surface area contributed by atoms with E-state index in [9.17, 15) is 31.5 Å². The fraction of sp³-hybridized carbons (Fsp3) is 0.250. The van der Waals surface area contributed by atoms with Gasteiger partial charge in [0.1, 0.15) is 5.69 Å². The summed E-state index contributed by atoms with van der Waals surface area (Å²) in [6.07, 6.45) is -5.39. The van der Waals surface area contributed by atoms with Crippen molar-refractivity contribution in [3.05, 3.63) is 57.0 Å². The summed E-state index contributed by atoms with van der Waals surface area (Å²) in [5.74, 6) is -2.58. The van der Waals surface area contributed by atoms with Crippen LogP contribution in [0.4, 0.5) is 22.0 Å². The predicted molar refractivity (Wildman–Crippen MR) is 116 cm³/mol. The molecule has 0 radical (unpaired) electrons. The maximum absolute atomic E-state index is 12.8. The fourth-order valence-electron chi connectivity index (χ4n) is 2.59. The molecule has 0 saturated heterocycles. The second-order valence-corrected chi connectivity index (χ2v) is 8.00. The molecule has 188 valence electrons. The van der Waals surface area contributed by atoms with Crippen LogP contribution in [0.25, 0.3) is 22.0 Å². The van der Waals surface area contributed by atoms with Gasteiger partial charge in [-0.25, -0.2) is 14.3 Å². The Labute approximate surface area is 197 Å². The number of nitrogens with two attached hydrogens (primary N) is 1. The number of nitrogens with zero attached hydrogens (tertiary/aromatic N) is 3. The number of aromatic amines is 1. The van der Waals surface area contributed by atoms with Crippen LogP contribution in [-0.2, 0) is 11.3 Å². The van der Waals surface area contributed by atoms with Gasteiger partial charge in [0.2, 0.25) is 0 Å².